The Labute approximate surface area is 102 Å². The Morgan fingerprint density at radius 3 is 2.53 bits per heavy atom. The lowest BCUT2D eigenvalue weighted by Crippen LogP contribution is -2.18. The molecule has 0 fully saturated rings. The van der Waals surface area contributed by atoms with Crippen LogP contribution in [-0.2, 0) is 6.42 Å². The molecule has 0 atom stereocenters. The lowest BCUT2D eigenvalue weighted by molar-refractivity contribution is 0.354. The monoisotopic (exact) mass is 241 g/mol. The molecule has 0 heterocycles. The van der Waals surface area contributed by atoms with E-state index in [2.05, 4.69) is 5.32 Å². The van der Waals surface area contributed by atoms with Crippen molar-refractivity contribution in [2.45, 2.75) is 12.8 Å². The Kier molecular flexibility index (Phi) is 6.40. The van der Waals surface area contributed by atoms with E-state index in [4.69, 9.17) is 9.47 Å². The molecule has 0 spiro atoms. The molecular weight excluding hydrogens is 221 g/mol. The first kappa shape index (κ1) is 13.8. The molecule has 0 aromatic heterocycles. The minimum Gasteiger partial charge on any atom is -0.493 e. The summed E-state index contributed by atoms with van der Waals surface area (Å²) in [4.78, 5) is 0. The summed E-state index contributed by atoms with van der Waals surface area (Å²) in [6, 6.07) is 5.88. The second-order valence-corrected chi connectivity index (χ2v) is 3.73. The van der Waals surface area contributed by atoms with Crippen LogP contribution in [0.15, 0.2) is 18.2 Å². The highest BCUT2D eigenvalue weighted by atomic mass is 19.1. The highest BCUT2D eigenvalue weighted by molar-refractivity contribution is 5.42. The molecule has 1 aromatic carbocycles. The van der Waals surface area contributed by atoms with Gasteiger partial charge in [0.05, 0.1) is 20.9 Å². The van der Waals surface area contributed by atoms with Crippen LogP contribution in [-0.4, -0.2) is 34.0 Å². The highest BCUT2D eigenvalue weighted by Crippen LogP contribution is 2.27. The van der Waals surface area contributed by atoms with Gasteiger partial charge in [0.1, 0.15) is 0 Å². The molecule has 3 nitrogen and oxygen atoms in total. The van der Waals surface area contributed by atoms with Crippen molar-refractivity contribution < 1.29 is 13.9 Å². The second kappa shape index (κ2) is 7.90. The Hall–Kier alpha value is -1.29. The summed E-state index contributed by atoms with van der Waals surface area (Å²) in [5.74, 6) is 1.48. The smallest absolute Gasteiger partial charge is 0.160 e. The van der Waals surface area contributed by atoms with Crippen LogP contribution in [0, 0.1) is 0 Å². The van der Waals surface area contributed by atoms with Gasteiger partial charge in [0.25, 0.3) is 0 Å². The van der Waals surface area contributed by atoms with Gasteiger partial charge in [-0.05, 0) is 43.6 Å². The fourth-order valence-electron chi connectivity index (χ4n) is 1.59. The summed E-state index contributed by atoms with van der Waals surface area (Å²) in [5, 5.41) is 3.19. The van der Waals surface area contributed by atoms with E-state index in [0.29, 0.717) is 6.42 Å². The van der Waals surface area contributed by atoms with Crippen LogP contribution in [0.4, 0.5) is 4.39 Å². The van der Waals surface area contributed by atoms with Crippen LogP contribution >= 0.6 is 0 Å². The van der Waals surface area contributed by atoms with Gasteiger partial charge in [-0.2, -0.15) is 0 Å². The third kappa shape index (κ3) is 4.61. The third-order valence-corrected chi connectivity index (χ3v) is 2.53. The number of alkyl halides is 1. The molecule has 0 aliphatic heterocycles. The number of hydrogen-bond acceptors (Lipinski definition) is 3. The minimum atomic E-state index is -0.261. The number of rotatable bonds is 8. The molecular formula is C13H20FNO2. The molecule has 0 aliphatic carbocycles. The van der Waals surface area contributed by atoms with Gasteiger partial charge in [-0.1, -0.05) is 6.07 Å². The lowest BCUT2D eigenvalue weighted by atomic mass is 10.1. The minimum absolute atomic E-state index is 0.261. The van der Waals surface area contributed by atoms with Gasteiger partial charge in [0, 0.05) is 0 Å². The predicted octanol–water partition coefficient (Wildman–Crippen LogP) is 2.20. The van der Waals surface area contributed by atoms with E-state index in [-0.39, 0.29) is 6.67 Å². The molecule has 96 valence electrons. The summed E-state index contributed by atoms with van der Waals surface area (Å²) >= 11 is 0. The van der Waals surface area contributed by atoms with Crippen molar-refractivity contribution in [1.29, 1.82) is 0 Å². The summed E-state index contributed by atoms with van der Waals surface area (Å²) in [6.07, 6.45) is 1.47. The Balaban J connectivity index is 2.43. The SMILES string of the molecule is COc1ccc(CCNCCCF)cc1OC. The summed E-state index contributed by atoms with van der Waals surface area (Å²) in [6.45, 7) is 1.31. The molecule has 0 aliphatic rings. The first-order valence-corrected chi connectivity index (χ1v) is 5.79. The molecule has 4 heteroatoms. The van der Waals surface area contributed by atoms with Crippen LogP contribution in [0.5, 0.6) is 11.5 Å². The summed E-state index contributed by atoms with van der Waals surface area (Å²) in [5.41, 5.74) is 1.18. The molecule has 17 heavy (non-hydrogen) atoms. The Morgan fingerprint density at radius 1 is 1.12 bits per heavy atom. The molecule has 0 saturated heterocycles. The normalized spacial score (nSPS) is 10.3. The molecule has 0 amide bonds. The molecule has 0 bridgehead atoms. The topological polar surface area (TPSA) is 30.5 Å². The van der Waals surface area contributed by atoms with E-state index in [1.807, 2.05) is 18.2 Å². The predicted molar refractivity (Wildman–Crippen MR) is 66.7 cm³/mol. The molecule has 1 N–H and O–H groups in total. The maximum absolute atomic E-state index is 11.9. The average Bonchev–Trinajstić information content (AvgIpc) is 2.38. The van der Waals surface area contributed by atoms with Gasteiger partial charge in [-0.25, -0.2) is 0 Å². The van der Waals surface area contributed by atoms with E-state index in [1.54, 1.807) is 14.2 Å². The number of halogens is 1. The standard InChI is InChI=1S/C13H20FNO2/c1-16-12-5-4-11(10-13(12)17-2)6-9-15-8-3-7-14/h4-5,10,15H,3,6-9H2,1-2H3. The van der Waals surface area contributed by atoms with Crippen molar-refractivity contribution in [2.24, 2.45) is 0 Å². The van der Waals surface area contributed by atoms with E-state index in [9.17, 15) is 4.39 Å². The molecule has 0 saturated carbocycles. The maximum atomic E-state index is 11.9. The fraction of sp³-hybridized carbons (Fsp3) is 0.538. The zero-order valence-corrected chi connectivity index (χ0v) is 10.5. The van der Waals surface area contributed by atoms with Gasteiger partial charge in [-0.3, -0.25) is 4.39 Å². The highest BCUT2D eigenvalue weighted by Gasteiger charge is 2.03. The van der Waals surface area contributed by atoms with E-state index in [1.165, 1.54) is 5.56 Å². The first-order valence-electron chi connectivity index (χ1n) is 5.79. The number of nitrogens with one attached hydrogen (secondary N) is 1. The van der Waals surface area contributed by atoms with Gasteiger partial charge in [0.15, 0.2) is 11.5 Å². The molecule has 0 radical (unpaired) electrons. The van der Waals surface area contributed by atoms with E-state index >= 15 is 0 Å². The number of methoxy groups -OCH3 is 2. The van der Waals surface area contributed by atoms with Gasteiger partial charge in [-0.15, -0.1) is 0 Å². The average molecular weight is 241 g/mol. The second-order valence-electron chi connectivity index (χ2n) is 3.73. The molecule has 0 unspecified atom stereocenters. The maximum Gasteiger partial charge on any atom is 0.160 e. The zero-order valence-electron chi connectivity index (χ0n) is 10.5. The van der Waals surface area contributed by atoms with Gasteiger partial charge < -0.3 is 14.8 Å². The van der Waals surface area contributed by atoms with Crippen LogP contribution in [0.3, 0.4) is 0 Å². The van der Waals surface area contributed by atoms with Crippen LogP contribution < -0.4 is 14.8 Å². The van der Waals surface area contributed by atoms with Crippen LogP contribution in [0.25, 0.3) is 0 Å². The van der Waals surface area contributed by atoms with Crippen molar-refractivity contribution in [2.75, 3.05) is 34.0 Å². The van der Waals surface area contributed by atoms with Crippen molar-refractivity contribution in [3.63, 3.8) is 0 Å². The molecule has 1 rings (SSSR count). The van der Waals surface area contributed by atoms with Crippen LogP contribution in [0.1, 0.15) is 12.0 Å². The number of ether oxygens (including phenoxy) is 2. The number of hydrogen-bond donors (Lipinski definition) is 1. The Bertz CT molecular complexity index is 331. The first-order chi connectivity index (χ1) is 8.31. The molecule has 1 aromatic rings. The Morgan fingerprint density at radius 2 is 1.88 bits per heavy atom. The van der Waals surface area contributed by atoms with E-state index < -0.39 is 0 Å². The number of benzene rings is 1. The van der Waals surface area contributed by atoms with Crippen molar-refractivity contribution in [3.05, 3.63) is 23.8 Å². The summed E-state index contributed by atoms with van der Waals surface area (Å²) < 4.78 is 22.2. The lowest BCUT2D eigenvalue weighted by Gasteiger charge is -2.09. The van der Waals surface area contributed by atoms with Crippen molar-refractivity contribution >= 4 is 0 Å². The van der Waals surface area contributed by atoms with Crippen LogP contribution in [0.2, 0.25) is 0 Å². The van der Waals surface area contributed by atoms with Crippen molar-refractivity contribution in [3.8, 4) is 11.5 Å². The third-order valence-electron chi connectivity index (χ3n) is 2.53. The largest absolute Gasteiger partial charge is 0.493 e. The van der Waals surface area contributed by atoms with E-state index in [0.717, 1.165) is 31.0 Å². The quantitative estimate of drug-likeness (QED) is 0.708. The summed E-state index contributed by atoms with van der Waals surface area (Å²) in [7, 11) is 3.25. The fourth-order valence-corrected chi connectivity index (χ4v) is 1.59. The zero-order chi connectivity index (χ0) is 12.5. The van der Waals surface area contributed by atoms with Crippen molar-refractivity contribution in [1.82, 2.24) is 5.32 Å². The van der Waals surface area contributed by atoms with Gasteiger partial charge in [0.2, 0.25) is 0 Å². The van der Waals surface area contributed by atoms with Gasteiger partial charge >= 0.3 is 0 Å².